The van der Waals surface area contributed by atoms with Crippen LogP contribution in [-0.4, -0.2) is 79.2 Å². The van der Waals surface area contributed by atoms with Gasteiger partial charge in [0.05, 0.1) is 17.1 Å². The van der Waals surface area contributed by atoms with Crippen molar-refractivity contribution < 1.29 is 44.9 Å². The Morgan fingerprint density at radius 1 is 0.841 bits per heavy atom. The molecule has 0 amide bonds. The van der Waals surface area contributed by atoms with E-state index in [4.69, 9.17) is 9.47 Å². The van der Waals surface area contributed by atoms with Gasteiger partial charge in [0.25, 0.3) is 0 Å². The SMILES string of the molecule is C[C@@H]1CC[C@]2(C(=O)O[C@@H]3O[C@H](O)[C@@H](O)[C@H](O)[C@H]3O)CC[C@]3(C)C(=CC[C@@H]4[C@@]5(C)CC[C@H](O)C(C)(C)[C@@H]5CC[C@]43C)[C@@H]2[C@]1(C)O. The Balaban J connectivity index is 1.39. The van der Waals surface area contributed by atoms with Crippen molar-refractivity contribution >= 4 is 5.97 Å². The highest BCUT2D eigenvalue weighted by Gasteiger charge is 2.71. The minimum atomic E-state index is -1.82. The molecule has 6 N–H and O–H groups in total. The third-order valence-electron chi connectivity index (χ3n) is 15.2. The average molecular weight is 621 g/mol. The summed E-state index contributed by atoms with van der Waals surface area (Å²) in [6.07, 6.45) is 0.450. The second-order valence-electron chi connectivity index (χ2n) is 17.2. The number of ether oxygens (including phenoxy) is 2. The summed E-state index contributed by atoms with van der Waals surface area (Å²) >= 11 is 0. The summed E-state index contributed by atoms with van der Waals surface area (Å²) in [5, 5.41) is 64.2. The summed E-state index contributed by atoms with van der Waals surface area (Å²) in [4.78, 5) is 14.3. The van der Waals surface area contributed by atoms with Gasteiger partial charge in [0, 0.05) is 5.92 Å². The first-order chi connectivity index (χ1) is 20.3. The van der Waals surface area contributed by atoms with Crippen molar-refractivity contribution in [3.8, 4) is 0 Å². The standard InChI is InChI=1S/C35H56O9/c1-18-10-15-35(29(41)44-28-25(39)23(37)24(38)27(40)43-28)17-16-32(5)19(26(35)34(18,7)42)8-9-21-31(4)13-12-22(36)30(2,3)20(31)11-14-33(21,32)6/h8,18,20-28,36-40,42H,9-17H2,1-7H3/t18-,20+,21-,22+,23+,24+,25-,26-,27+,28+,31+,32-,33-,34-,35+/m1/s1. The van der Waals surface area contributed by atoms with Crippen molar-refractivity contribution in [3.63, 3.8) is 0 Å². The van der Waals surface area contributed by atoms with Gasteiger partial charge in [0.1, 0.15) is 18.3 Å². The Morgan fingerprint density at radius 2 is 1.52 bits per heavy atom. The fourth-order valence-corrected chi connectivity index (χ4v) is 12.0. The molecule has 0 aromatic rings. The van der Waals surface area contributed by atoms with Gasteiger partial charge in [-0.25, -0.2) is 0 Å². The van der Waals surface area contributed by atoms with Crippen molar-refractivity contribution in [3.05, 3.63) is 11.6 Å². The molecule has 0 aromatic heterocycles. The second kappa shape index (κ2) is 10.2. The van der Waals surface area contributed by atoms with Gasteiger partial charge in [-0.1, -0.05) is 53.2 Å². The summed E-state index contributed by atoms with van der Waals surface area (Å²) in [5.41, 5.74) is -1.57. The molecule has 6 aliphatic rings. The first-order valence-corrected chi connectivity index (χ1v) is 17.0. The smallest absolute Gasteiger partial charge is 0.315 e. The molecular weight excluding hydrogens is 564 g/mol. The number of fused-ring (bicyclic) bond motifs is 7. The van der Waals surface area contributed by atoms with Crippen LogP contribution in [0, 0.1) is 50.7 Å². The molecule has 5 fully saturated rings. The first-order valence-electron chi connectivity index (χ1n) is 17.0. The third-order valence-corrected chi connectivity index (χ3v) is 15.2. The van der Waals surface area contributed by atoms with Crippen LogP contribution >= 0.6 is 0 Å². The number of carbonyl (C=O) groups excluding carboxylic acids is 1. The molecule has 0 aromatic carbocycles. The fourth-order valence-electron chi connectivity index (χ4n) is 12.0. The van der Waals surface area contributed by atoms with Crippen LogP contribution in [-0.2, 0) is 14.3 Å². The molecule has 0 bridgehead atoms. The van der Waals surface area contributed by atoms with Crippen molar-refractivity contribution in [1.29, 1.82) is 0 Å². The molecule has 5 aliphatic carbocycles. The zero-order valence-electron chi connectivity index (χ0n) is 27.6. The Kier molecular flexibility index (Phi) is 7.63. The molecule has 4 saturated carbocycles. The van der Waals surface area contributed by atoms with Crippen molar-refractivity contribution in [2.45, 2.75) is 149 Å². The van der Waals surface area contributed by atoms with Crippen molar-refractivity contribution in [2.75, 3.05) is 0 Å². The van der Waals surface area contributed by atoms with E-state index in [2.05, 4.69) is 40.7 Å². The fraction of sp³-hybridized carbons (Fsp3) is 0.914. The summed E-state index contributed by atoms with van der Waals surface area (Å²) in [6, 6.07) is 0. The molecular formula is C35H56O9. The number of aliphatic hydroxyl groups is 6. The zero-order chi connectivity index (χ0) is 32.4. The van der Waals surface area contributed by atoms with E-state index in [-0.39, 0.29) is 33.7 Å². The van der Waals surface area contributed by atoms with Crippen LogP contribution in [0.3, 0.4) is 0 Å². The van der Waals surface area contributed by atoms with Crippen LogP contribution < -0.4 is 0 Å². The molecule has 9 nitrogen and oxygen atoms in total. The van der Waals surface area contributed by atoms with E-state index in [0.29, 0.717) is 31.1 Å². The van der Waals surface area contributed by atoms with E-state index in [1.54, 1.807) is 0 Å². The van der Waals surface area contributed by atoms with Gasteiger partial charge in [-0.15, -0.1) is 0 Å². The molecule has 15 atom stereocenters. The highest BCUT2D eigenvalue weighted by molar-refractivity contribution is 5.79. The molecule has 44 heavy (non-hydrogen) atoms. The molecule has 0 unspecified atom stereocenters. The summed E-state index contributed by atoms with van der Waals surface area (Å²) in [7, 11) is 0. The maximum absolute atomic E-state index is 14.3. The monoisotopic (exact) mass is 620 g/mol. The number of hydrogen-bond donors (Lipinski definition) is 6. The number of hydrogen-bond acceptors (Lipinski definition) is 9. The van der Waals surface area contributed by atoms with Gasteiger partial charge in [-0.05, 0) is 104 Å². The molecule has 6 rings (SSSR count). The summed E-state index contributed by atoms with van der Waals surface area (Å²) < 4.78 is 11.0. The van der Waals surface area contributed by atoms with Crippen LogP contribution in [0.2, 0.25) is 0 Å². The molecule has 1 aliphatic heterocycles. The van der Waals surface area contributed by atoms with Crippen LogP contribution in [0.1, 0.15) is 106 Å². The van der Waals surface area contributed by atoms with Crippen LogP contribution in [0.15, 0.2) is 11.6 Å². The number of rotatable bonds is 2. The number of allylic oxidation sites excluding steroid dienone is 1. The highest BCUT2D eigenvalue weighted by atomic mass is 16.8. The molecule has 250 valence electrons. The summed E-state index contributed by atoms with van der Waals surface area (Å²) in [5.74, 6) is -0.370. The van der Waals surface area contributed by atoms with Gasteiger partial charge in [-0.3, -0.25) is 4.79 Å². The van der Waals surface area contributed by atoms with Crippen molar-refractivity contribution in [2.24, 2.45) is 50.7 Å². The minimum Gasteiger partial charge on any atom is -0.432 e. The molecule has 9 heteroatoms. The van der Waals surface area contributed by atoms with E-state index in [9.17, 15) is 35.4 Å². The zero-order valence-corrected chi connectivity index (χ0v) is 27.6. The minimum absolute atomic E-state index is 0.0635. The predicted octanol–water partition coefficient (Wildman–Crippen LogP) is 3.42. The lowest BCUT2D eigenvalue weighted by molar-refractivity contribution is -0.335. The van der Waals surface area contributed by atoms with Crippen LogP contribution in [0.4, 0.5) is 0 Å². The lowest BCUT2D eigenvalue weighted by Crippen LogP contribution is -2.68. The maximum Gasteiger partial charge on any atom is 0.315 e. The number of carbonyl (C=O) groups is 1. The Morgan fingerprint density at radius 3 is 2.20 bits per heavy atom. The molecule has 0 radical (unpaired) electrons. The normalized spacial score (nSPS) is 56.7. The van der Waals surface area contributed by atoms with Crippen LogP contribution in [0.5, 0.6) is 0 Å². The van der Waals surface area contributed by atoms with E-state index in [0.717, 1.165) is 44.1 Å². The topological polar surface area (TPSA) is 157 Å². The van der Waals surface area contributed by atoms with E-state index in [1.807, 2.05) is 13.8 Å². The first kappa shape index (κ1) is 32.9. The number of aliphatic hydroxyl groups excluding tert-OH is 5. The van der Waals surface area contributed by atoms with E-state index < -0.39 is 53.8 Å². The average Bonchev–Trinajstić information content (AvgIpc) is 2.95. The number of esters is 1. The van der Waals surface area contributed by atoms with Crippen LogP contribution in [0.25, 0.3) is 0 Å². The van der Waals surface area contributed by atoms with Crippen molar-refractivity contribution in [1.82, 2.24) is 0 Å². The lowest BCUT2D eigenvalue weighted by Gasteiger charge is -2.71. The van der Waals surface area contributed by atoms with E-state index in [1.165, 1.54) is 0 Å². The van der Waals surface area contributed by atoms with E-state index >= 15 is 0 Å². The Labute approximate surface area is 262 Å². The van der Waals surface area contributed by atoms with Gasteiger partial charge < -0.3 is 40.1 Å². The molecule has 0 spiro atoms. The quantitative estimate of drug-likeness (QED) is 0.201. The van der Waals surface area contributed by atoms with Gasteiger partial charge >= 0.3 is 5.97 Å². The lowest BCUT2D eigenvalue weighted by atomic mass is 9.33. The summed E-state index contributed by atoms with van der Waals surface area (Å²) in [6.45, 7) is 15.6. The second-order valence-corrected chi connectivity index (χ2v) is 17.2. The predicted molar refractivity (Wildman–Crippen MR) is 161 cm³/mol. The Hall–Kier alpha value is -1.07. The van der Waals surface area contributed by atoms with Gasteiger partial charge in [-0.2, -0.15) is 0 Å². The largest absolute Gasteiger partial charge is 0.432 e. The van der Waals surface area contributed by atoms with Gasteiger partial charge in [0.15, 0.2) is 6.29 Å². The maximum atomic E-state index is 14.3. The molecule has 1 saturated heterocycles. The highest BCUT2D eigenvalue weighted by Crippen LogP contribution is 2.76. The molecule has 1 heterocycles. The Bertz CT molecular complexity index is 1200. The third kappa shape index (κ3) is 4.12. The van der Waals surface area contributed by atoms with Gasteiger partial charge in [0.2, 0.25) is 6.29 Å².